The largest absolute Gasteiger partial charge is 0.503 e. The first-order chi connectivity index (χ1) is 7.40. The molecule has 0 radical (unpaired) electrons. The van der Waals surface area contributed by atoms with Crippen LogP contribution in [0.4, 0.5) is 8.78 Å². The second kappa shape index (κ2) is 4.34. The van der Waals surface area contributed by atoms with Crippen LogP contribution in [0, 0.1) is 11.6 Å². The average molecular weight is 232 g/mol. The maximum atomic E-state index is 13.3. The Kier molecular flexibility index (Phi) is 3.31. The van der Waals surface area contributed by atoms with E-state index in [2.05, 4.69) is 4.74 Å². The van der Waals surface area contributed by atoms with Gasteiger partial charge in [-0.05, 0) is 13.0 Å². The molecule has 1 aromatic rings. The van der Waals surface area contributed by atoms with Gasteiger partial charge in [0.15, 0.2) is 17.3 Å². The molecular formula is C10H10F2O4. The van der Waals surface area contributed by atoms with Gasteiger partial charge < -0.3 is 14.9 Å². The standard InChI is InChI=1S/C10H10F2O4/c1-4(10(14)15)5-3-6(11)8(13)7(12)9(5)16-2/h3-4,13H,1-2H3,(H,14,15). The van der Waals surface area contributed by atoms with Crippen molar-refractivity contribution in [1.82, 2.24) is 0 Å². The topological polar surface area (TPSA) is 66.8 Å². The van der Waals surface area contributed by atoms with Crippen LogP contribution in [0.25, 0.3) is 0 Å². The molecule has 16 heavy (non-hydrogen) atoms. The summed E-state index contributed by atoms with van der Waals surface area (Å²) in [6.45, 7) is 1.26. The molecule has 0 aliphatic rings. The number of ether oxygens (including phenoxy) is 1. The molecule has 0 aliphatic heterocycles. The van der Waals surface area contributed by atoms with Crippen LogP contribution in [0.1, 0.15) is 18.4 Å². The second-order valence-electron chi connectivity index (χ2n) is 3.20. The van der Waals surface area contributed by atoms with E-state index in [4.69, 9.17) is 10.2 Å². The zero-order valence-electron chi connectivity index (χ0n) is 8.62. The molecule has 0 aromatic heterocycles. The molecule has 0 aliphatic carbocycles. The van der Waals surface area contributed by atoms with Crippen molar-refractivity contribution in [2.45, 2.75) is 12.8 Å². The summed E-state index contributed by atoms with van der Waals surface area (Å²) in [4.78, 5) is 10.7. The molecule has 0 spiro atoms. The normalized spacial score (nSPS) is 12.2. The van der Waals surface area contributed by atoms with Crippen LogP contribution >= 0.6 is 0 Å². The lowest BCUT2D eigenvalue weighted by Crippen LogP contribution is -2.10. The summed E-state index contributed by atoms with van der Waals surface area (Å²) in [6.07, 6.45) is 0. The SMILES string of the molecule is COc1c(C(C)C(=O)O)cc(F)c(O)c1F. The Balaban J connectivity index is 3.44. The monoisotopic (exact) mass is 232 g/mol. The minimum Gasteiger partial charge on any atom is -0.503 e. The van der Waals surface area contributed by atoms with E-state index in [1.54, 1.807) is 0 Å². The fraction of sp³-hybridized carbons (Fsp3) is 0.300. The molecule has 0 bridgehead atoms. The van der Waals surface area contributed by atoms with E-state index in [-0.39, 0.29) is 5.56 Å². The predicted molar refractivity (Wildman–Crippen MR) is 50.6 cm³/mol. The van der Waals surface area contributed by atoms with Crippen LogP contribution in [0.5, 0.6) is 11.5 Å². The number of benzene rings is 1. The van der Waals surface area contributed by atoms with Crippen LogP contribution in [-0.4, -0.2) is 23.3 Å². The Labute approximate surface area is 90.1 Å². The lowest BCUT2D eigenvalue weighted by Gasteiger charge is -2.13. The quantitative estimate of drug-likeness (QED) is 0.834. The van der Waals surface area contributed by atoms with Crippen molar-refractivity contribution < 1.29 is 28.5 Å². The highest BCUT2D eigenvalue weighted by atomic mass is 19.1. The van der Waals surface area contributed by atoms with E-state index in [1.807, 2.05) is 0 Å². The first kappa shape index (κ1) is 12.2. The summed E-state index contributed by atoms with van der Waals surface area (Å²) in [5, 5.41) is 17.7. The molecule has 0 heterocycles. The van der Waals surface area contributed by atoms with Crippen molar-refractivity contribution >= 4 is 5.97 Å². The predicted octanol–water partition coefficient (Wildman–Crippen LogP) is 1.87. The van der Waals surface area contributed by atoms with Crippen LogP contribution in [0.15, 0.2) is 6.07 Å². The maximum Gasteiger partial charge on any atom is 0.310 e. The van der Waals surface area contributed by atoms with Gasteiger partial charge in [-0.3, -0.25) is 4.79 Å². The third-order valence-corrected chi connectivity index (χ3v) is 2.22. The molecule has 0 saturated heterocycles. The number of phenols is 1. The van der Waals surface area contributed by atoms with Crippen LogP contribution in [-0.2, 0) is 4.79 Å². The number of carboxylic acids is 1. The number of hydrogen-bond donors (Lipinski definition) is 2. The summed E-state index contributed by atoms with van der Waals surface area (Å²) >= 11 is 0. The maximum absolute atomic E-state index is 13.3. The smallest absolute Gasteiger partial charge is 0.310 e. The molecule has 6 heteroatoms. The number of carboxylic acid groups (broad SMARTS) is 1. The van der Waals surface area contributed by atoms with Gasteiger partial charge in [-0.2, -0.15) is 4.39 Å². The Morgan fingerprint density at radius 2 is 2.06 bits per heavy atom. The van der Waals surface area contributed by atoms with Crippen molar-refractivity contribution in [2.75, 3.05) is 7.11 Å². The molecule has 1 aromatic carbocycles. The summed E-state index contributed by atoms with van der Waals surface area (Å²) in [5.41, 5.74) is -0.164. The van der Waals surface area contributed by atoms with Gasteiger partial charge in [-0.1, -0.05) is 0 Å². The van der Waals surface area contributed by atoms with Gasteiger partial charge in [0.05, 0.1) is 13.0 Å². The molecule has 0 saturated carbocycles. The van der Waals surface area contributed by atoms with Crippen molar-refractivity contribution in [3.8, 4) is 11.5 Å². The highest BCUT2D eigenvalue weighted by Gasteiger charge is 2.25. The van der Waals surface area contributed by atoms with E-state index in [9.17, 15) is 13.6 Å². The molecule has 1 rings (SSSR count). The molecular weight excluding hydrogens is 222 g/mol. The number of rotatable bonds is 3. The van der Waals surface area contributed by atoms with Gasteiger partial charge in [-0.15, -0.1) is 0 Å². The minimum absolute atomic E-state index is 0.164. The van der Waals surface area contributed by atoms with Crippen LogP contribution < -0.4 is 4.74 Å². The third-order valence-electron chi connectivity index (χ3n) is 2.22. The third kappa shape index (κ3) is 1.91. The van der Waals surface area contributed by atoms with Crippen molar-refractivity contribution in [3.63, 3.8) is 0 Å². The highest BCUT2D eigenvalue weighted by Crippen LogP contribution is 2.36. The number of aliphatic carboxylic acids is 1. The highest BCUT2D eigenvalue weighted by molar-refractivity contribution is 5.77. The zero-order valence-corrected chi connectivity index (χ0v) is 8.62. The van der Waals surface area contributed by atoms with Gasteiger partial charge in [0.1, 0.15) is 0 Å². The summed E-state index contributed by atoms with van der Waals surface area (Å²) in [7, 11) is 1.10. The van der Waals surface area contributed by atoms with E-state index in [0.717, 1.165) is 13.2 Å². The number of carbonyl (C=O) groups is 1. The van der Waals surface area contributed by atoms with E-state index in [0.29, 0.717) is 0 Å². The molecule has 0 amide bonds. The fourth-order valence-electron chi connectivity index (χ4n) is 1.27. The Bertz CT molecular complexity index is 431. The van der Waals surface area contributed by atoms with Crippen LogP contribution in [0.2, 0.25) is 0 Å². The van der Waals surface area contributed by atoms with Crippen molar-refractivity contribution in [2.24, 2.45) is 0 Å². The van der Waals surface area contributed by atoms with Gasteiger partial charge in [0, 0.05) is 5.56 Å². The summed E-state index contributed by atoms with van der Waals surface area (Å²) < 4.78 is 31.0. The second-order valence-corrected chi connectivity index (χ2v) is 3.20. The summed E-state index contributed by atoms with van der Waals surface area (Å²) in [5.74, 6) is -6.55. The molecule has 4 nitrogen and oxygen atoms in total. The number of aromatic hydroxyl groups is 1. The molecule has 2 N–H and O–H groups in total. The number of phenolic OH excluding ortho intramolecular Hbond substituents is 1. The lowest BCUT2D eigenvalue weighted by molar-refractivity contribution is -0.138. The zero-order chi connectivity index (χ0) is 12.5. The molecule has 0 fully saturated rings. The Hall–Kier alpha value is -1.85. The van der Waals surface area contributed by atoms with Crippen molar-refractivity contribution in [1.29, 1.82) is 0 Å². The Morgan fingerprint density at radius 3 is 2.50 bits per heavy atom. The number of methoxy groups -OCH3 is 1. The Morgan fingerprint density at radius 1 is 1.50 bits per heavy atom. The molecule has 1 unspecified atom stereocenters. The van der Waals surface area contributed by atoms with E-state index < -0.39 is 35.0 Å². The van der Waals surface area contributed by atoms with E-state index >= 15 is 0 Å². The van der Waals surface area contributed by atoms with E-state index in [1.165, 1.54) is 6.92 Å². The van der Waals surface area contributed by atoms with Gasteiger partial charge in [0.25, 0.3) is 0 Å². The van der Waals surface area contributed by atoms with Gasteiger partial charge in [0.2, 0.25) is 5.82 Å². The molecule has 88 valence electrons. The first-order valence-corrected chi connectivity index (χ1v) is 4.37. The lowest BCUT2D eigenvalue weighted by atomic mass is 9.99. The number of hydrogen-bond acceptors (Lipinski definition) is 3. The van der Waals surface area contributed by atoms with Gasteiger partial charge >= 0.3 is 5.97 Å². The molecule has 1 atom stereocenters. The fourth-order valence-corrected chi connectivity index (χ4v) is 1.27. The van der Waals surface area contributed by atoms with Crippen molar-refractivity contribution in [3.05, 3.63) is 23.3 Å². The average Bonchev–Trinajstić information content (AvgIpc) is 2.24. The van der Waals surface area contributed by atoms with Gasteiger partial charge in [-0.25, -0.2) is 4.39 Å². The summed E-state index contributed by atoms with van der Waals surface area (Å²) in [6, 6.07) is 0.746. The minimum atomic E-state index is -1.30. The van der Waals surface area contributed by atoms with Crippen LogP contribution in [0.3, 0.4) is 0 Å². The first-order valence-electron chi connectivity index (χ1n) is 4.37. The number of halogens is 2.